The highest BCUT2D eigenvalue weighted by molar-refractivity contribution is 9.10. The largest absolute Gasteiger partial charge is 0.383 e. The topological polar surface area (TPSA) is 51.1 Å². The van der Waals surface area contributed by atoms with E-state index in [4.69, 9.17) is 17.0 Å². The van der Waals surface area contributed by atoms with E-state index >= 15 is 0 Å². The molecule has 0 spiro atoms. The Morgan fingerprint density at radius 1 is 1.36 bits per heavy atom. The third kappa shape index (κ3) is 5.08. The fourth-order valence-corrected chi connectivity index (χ4v) is 2.48. The monoisotopic (exact) mass is 382 g/mol. The zero-order chi connectivity index (χ0) is 15.9. The zero-order valence-electron chi connectivity index (χ0n) is 12.6. The van der Waals surface area contributed by atoms with E-state index in [-0.39, 0.29) is 0 Å². The maximum Gasteiger partial charge on any atom is 0.172 e. The van der Waals surface area contributed by atoms with Gasteiger partial charge in [0, 0.05) is 19.9 Å². The molecule has 0 fully saturated rings. The Morgan fingerprint density at radius 3 is 2.77 bits per heavy atom. The van der Waals surface area contributed by atoms with E-state index in [0.29, 0.717) is 30.6 Å². The predicted molar refractivity (Wildman–Crippen MR) is 96.3 cm³/mol. The van der Waals surface area contributed by atoms with Gasteiger partial charge in [-0.2, -0.15) is 5.10 Å². The van der Waals surface area contributed by atoms with E-state index in [0.717, 1.165) is 4.47 Å². The second kappa shape index (κ2) is 8.26. The molecule has 7 heteroatoms. The van der Waals surface area contributed by atoms with Crippen molar-refractivity contribution in [3.63, 3.8) is 0 Å². The van der Waals surface area contributed by atoms with E-state index in [9.17, 15) is 0 Å². The Morgan fingerprint density at radius 2 is 2.09 bits per heavy atom. The Hall–Kier alpha value is -1.44. The van der Waals surface area contributed by atoms with Crippen LogP contribution in [0, 0.1) is 6.92 Å². The Kier molecular flexibility index (Phi) is 6.35. The van der Waals surface area contributed by atoms with Crippen LogP contribution in [0.25, 0.3) is 0 Å². The van der Waals surface area contributed by atoms with E-state index in [2.05, 4.69) is 62.9 Å². The molecule has 118 valence electrons. The van der Waals surface area contributed by atoms with Crippen LogP contribution in [0.15, 0.2) is 34.9 Å². The van der Waals surface area contributed by atoms with Crippen LogP contribution in [-0.2, 0) is 11.3 Å². The van der Waals surface area contributed by atoms with Crippen molar-refractivity contribution in [1.82, 2.24) is 15.1 Å². The number of hydrogen-bond donors (Lipinski definition) is 2. The molecule has 0 aliphatic heterocycles. The first kappa shape index (κ1) is 16.9. The number of aryl methyl sites for hydroxylation is 1. The summed E-state index contributed by atoms with van der Waals surface area (Å²) in [5, 5.41) is 11.1. The minimum atomic E-state index is 0.526. The van der Waals surface area contributed by atoms with Crippen molar-refractivity contribution in [3.05, 3.63) is 46.1 Å². The average molecular weight is 383 g/mol. The predicted octanol–water partition coefficient (Wildman–Crippen LogP) is 2.94. The summed E-state index contributed by atoms with van der Waals surface area (Å²) >= 11 is 8.71. The molecule has 1 heterocycles. The molecule has 5 nitrogen and oxygen atoms in total. The molecule has 0 saturated carbocycles. The summed E-state index contributed by atoms with van der Waals surface area (Å²) in [6.45, 7) is 4.05. The van der Waals surface area contributed by atoms with E-state index in [1.807, 2.05) is 10.9 Å². The van der Waals surface area contributed by atoms with Gasteiger partial charge in [0.15, 0.2) is 10.9 Å². The second-order valence-electron chi connectivity index (χ2n) is 4.88. The van der Waals surface area contributed by atoms with Crippen LogP contribution in [0.4, 0.5) is 5.82 Å². The van der Waals surface area contributed by atoms with Crippen molar-refractivity contribution in [1.29, 1.82) is 0 Å². The van der Waals surface area contributed by atoms with Gasteiger partial charge in [0.1, 0.15) is 0 Å². The van der Waals surface area contributed by atoms with Crippen molar-refractivity contribution < 1.29 is 4.74 Å². The number of thiocarbonyl (C=S) groups is 1. The SMILES string of the molecule is COCCNC(=S)Nc1nn(Cc2ccc(C)cc2)cc1Br. The smallest absolute Gasteiger partial charge is 0.172 e. The van der Waals surface area contributed by atoms with Crippen LogP contribution < -0.4 is 10.6 Å². The fraction of sp³-hybridized carbons (Fsp3) is 0.333. The first-order chi connectivity index (χ1) is 10.6. The lowest BCUT2D eigenvalue weighted by atomic mass is 10.1. The Balaban J connectivity index is 1.95. The highest BCUT2D eigenvalue weighted by Crippen LogP contribution is 2.20. The summed E-state index contributed by atoms with van der Waals surface area (Å²) in [5.74, 6) is 0.696. The third-order valence-electron chi connectivity index (χ3n) is 3.01. The van der Waals surface area contributed by atoms with Gasteiger partial charge < -0.3 is 15.4 Å². The minimum Gasteiger partial charge on any atom is -0.383 e. The Labute approximate surface area is 144 Å². The van der Waals surface area contributed by atoms with Crippen LogP contribution in [0.1, 0.15) is 11.1 Å². The molecule has 2 rings (SSSR count). The third-order valence-corrected chi connectivity index (χ3v) is 3.83. The zero-order valence-corrected chi connectivity index (χ0v) is 15.0. The average Bonchev–Trinajstić information content (AvgIpc) is 2.81. The van der Waals surface area contributed by atoms with Gasteiger partial charge in [0.25, 0.3) is 0 Å². The van der Waals surface area contributed by atoms with Crippen LogP contribution >= 0.6 is 28.1 Å². The number of rotatable bonds is 6. The maximum atomic E-state index is 5.21. The van der Waals surface area contributed by atoms with Gasteiger partial charge >= 0.3 is 0 Å². The van der Waals surface area contributed by atoms with Crippen LogP contribution in [0.2, 0.25) is 0 Å². The number of nitrogens with one attached hydrogen (secondary N) is 2. The molecule has 0 amide bonds. The Bertz CT molecular complexity index is 627. The molecular weight excluding hydrogens is 364 g/mol. The number of aromatic nitrogens is 2. The second-order valence-corrected chi connectivity index (χ2v) is 6.15. The normalized spacial score (nSPS) is 10.5. The molecule has 0 radical (unpaired) electrons. The van der Waals surface area contributed by atoms with Gasteiger partial charge in [-0.25, -0.2) is 0 Å². The molecule has 1 aromatic carbocycles. The van der Waals surface area contributed by atoms with Crippen LogP contribution in [0.5, 0.6) is 0 Å². The van der Waals surface area contributed by atoms with Gasteiger partial charge in [0.2, 0.25) is 0 Å². The molecule has 2 N–H and O–H groups in total. The summed E-state index contributed by atoms with van der Waals surface area (Å²) < 4.78 is 7.71. The van der Waals surface area contributed by atoms with E-state index < -0.39 is 0 Å². The highest BCUT2D eigenvalue weighted by atomic mass is 79.9. The van der Waals surface area contributed by atoms with Crippen molar-refractivity contribution in [2.24, 2.45) is 0 Å². The van der Waals surface area contributed by atoms with Crippen molar-refractivity contribution >= 4 is 39.1 Å². The first-order valence-electron chi connectivity index (χ1n) is 6.91. The molecule has 0 atom stereocenters. The summed E-state index contributed by atoms with van der Waals surface area (Å²) in [7, 11) is 1.65. The fourth-order valence-electron chi connectivity index (χ4n) is 1.86. The van der Waals surface area contributed by atoms with E-state index in [1.165, 1.54) is 11.1 Å². The number of ether oxygens (including phenoxy) is 1. The summed E-state index contributed by atoms with van der Waals surface area (Å²) in [4.78, 5) is 0. The van der Waals surface area contributed by atoms with Crippen LogP contribution in [-0.4, -0.2) is 35.2 Å². The lowest BCUT2D eigenvalue weighted by molar-refractivity contribution is 0.204. The van der Waals surface area contributed by atoms with Gasteiger partial charge in [0.05, 0.1) is 17.6 Å². The molecular formula is C15H19BrN4OS. The number of nitrogens with zero attached hydrogens (tertiary/aromatic N) is 2. The number of hydrogen-bond acceptors (Lipinski definition) is 3. The number of halogens is 1. The van der Waals surface area contributed by atoms with E-state index in [1.54, 1.807) is 7.11 Å². The van der Waals surface area contributed by atoms with Gasteiger partial charge in [-0.05, 0) is 40.6 Å². The standard InChI is InChI=1S/C15H19BrN4OS/c1-11-3-5-12(6-4-11)9-20-10-13(16)14(19-20)18-15(22)17-7-8-21-2/h3-6,10H,7-9H2,1-2H3,(H2,17,18,19,22). The van der Waals surface area contributed by atoms with Gasteiger partial charge in [-0.15, -0.1) is 0 Å². The molecule has 0 aliphatic rings. The molecule has 2 aromatic rings. The van der Waals surface area contributed by atoms with Crippen LogP contribution in [0.3, 0.4) is 0 Å². The van der Waals surface area contributed by atoms with Crippen molar-refractivity contribution in [2.45, 2.75) is 13.5 Å². The molecule has 0 bridgehead atoms. The molecule has 1 aromatic heterocycles. The van der Waals surface area contributed by atoms with Crippen molar-refractivity contribution in [3.8, 4) is 0 Å². The van der Waals surface area contributed by atoms with Crippen molar-refractivity contribution in [2.75, 3.05) is 25.6 Å². The first-order valence-corrected chi connectivity index (χ1v) is 8.11. The number of benzene rings is 1. The lowest BCUT2D eigenvalue weighted by Crippen LogP contribution is -2.31. The summed E-state index contributed by atoms with van der Waals surface area (Å²) in [5.41, 5.74) is 2.45. The minimum absolute atomic E-state index is 0.526. The van der Waals surface area contributed by atoms with Gasteiger partial charge in [-0.1, -0.05) is 29.8 Å². The number of anilines is 1. The highest BCUT2D eigenvalue weighted by Gasteiger charge is 2.08. The summed E-state index contributed by atoms with van der Waals surface area (Å²) in [6, 6.07) is 8.41. The molecule has 0 saturated heterocycles. The number of methoxy groups -OCH3 is 1. The molecule has 0 aliphatic carbocycles. The summed E-state index contributed by atoms with van der Waals surface area (Å²) in [6.07, 6.45) is 1.93. The molecule has 0 unspecified atom stereocenters. The van der Waals surface area contributed by atoms with Gasteiger partial charge in [-0.3, -0.25) is 4.68 Å². The quantitative estimate of drug-likeness (QED) is 0.594. The maximum absolute atomic E-state index is 5.21. The molecule has 22 heavy (non-hydrogen) atoms. The lowest BCUT2D eigenvalue weighted by Gasteiger charge is -2.08.